The second-order valence-corrected chi connectivity index (χ2v) is 8.73. The summed E-state index contributed by atoms with van der Waals surface area (Å²) in [5.74, 6) is 0.650. The van der Waals surface area contributed by atoms with E-state index in [1.54, 1.807) is 4.67 Å². The van der Waals surface area contributed by atoms with Gasteiger partial charge in [0, 0.05) is 31.5 Å². The molecule has 9 heteroatoms. The molecule has 0 saturated carbocycles. The average Bonchev–Trinajstić information content (AvgIpc) is 2.14. The first-order valence-electron chi connectivity index (χ1n) is 4.39. The van der Waals surface area contributed by atoms with E-state index in [4.69, 9.17) is 62.5 Å². The van der Waals surface area contributed by atoms with Crippen LogP contribution in [0.1, 0.15) is 0 Å². The van der Waals surface area contributed by atoms with Crippen LogP contribution in [0.2, 0.25) is 0 Å². The third kappa shape index (κ3) is 7.84. The molecular formula is C7H13Cl5NO2P. The topological polar surface area (TPSA) is 29.5 Å². The van der Waals surface area contributed by atoms with Crippen LogP contribution in [0.15, 0.2) is 0 Å². The summed E-state index contributed by atoms with van der Waals surface area (Å²) in [5, 5.41) is 0. The van der Waals surface area contributed by atoms with Gasteiger partial charge in [-0.3, -0.25) is 4.57 Å². The molecule has 0 aromatic heterocycles. The Balaban J connectivity index is 4.40. The summed E-state index contributed by atoms with van der Waals surface area (Å²) < 4.78 is 17.3. The Hall–Kier alpha value is 1.60. The van der Waals surface area contributed by atoms with Crippen LogP contribution in [0.3, 0.4) is 0 Å². The van der Waals surface area contributed by atoms with Crippen molar-refractivity contribution < 1.29 is 9.09 Å². The van der Waals surface area contributed by atoms with Crippen LogP contribution in [0.5, 0.6) is 0 Å². The predicted molar refractivity (Wildman–Crippen MR) is 72.8 cm³/mol. The molecule has 3 nitrogen and oxygen atoms in total. The largest absolute Gasteiger partial charge is 0.313 e. The lowest BCUT2D eigenvalue weighted by Crippen LogP contribution is -2.27. The van der Waals surface area contributed by atoms with Gasteiger partial charge >= 0.3 is 0 Å². The Morgan fingerprint density at radius 2 is 1.62 bits per heavy atom. The zero-order chi connectivity index (χ0) is 12.8. The van der Waals surface area contributed by atoms with Crippen molar-refractivity contribution in [3.8, 4) is 0 Å². The van der Waals surface area contributed by atoms with E-state index < -0.39 is 11.3 Å². The van der Waals surface area contributed by atoms with Gasteiger partial charge in [0.05, 0.1) is 0 Å². The second-order valence-electron chi connectivity index (χ2n) is 3.02. The zero-order valence-corrected chi connectivity index (χ0v) is 13.3. The van der Waals surface area contributed by atoms with E-state index in [0.29, 0.717) is 24.8 Å². The molecule has 0 rings (SSSR count). The van der Waals surface area contributed by atoms with E-state index >= 15 is 0 Å². The van der Waals surface area contributed by atoms with Crippen molar-refractivity contribution >= 4 is 65.5 Å². The molecule has 1 atom stereocenters. The summed E-state index contributed by atoms with van der Waals surface area (Å²) in [6.07, 6.45) is 0. The molecular weight excluding hydrogens is 338 g/mol. The number of nitrogens with zero attached hydrogens (tertiary/aromatic N) is 1. The van der Waals surface area contributed by atoms with E-state index in [-0.39, 0.29) is 6.61 Å². The summed E-state index contributed by atoms with van der Waals surface area (Å²) in [6.45, 7) is 2.01. The van der Waals surface area contributed by atoms with Crippen LogP contribution in [0.4, 0.5) is 0 Å². The highest BCUT2D eigenvalue weighted by molar-refractivity contribution is 7.55. The Kier molecular flexibility index (Phi) is 8.70. The highest BCUT2D eigenvalue weighted by Crippen LogP contribution is 2.48. The van der Waals surface area contributed by atoms with Crippen LogP contribution >= 0.6 is 65.5 Å². The Morgan fingerprint density at radius 1 is 1.19 bits per heavy atom. The van der Waals surface area contributed by atoms with Crippen molar-refractivity contribution in [1.82, 2.24) is 4.67 Å². The van der Waals surface area contributed by atoms with Crippen molar-refractivity contribution in [1.29, 1.82) is 0 Å². The Labute approximate surface area is 121 Å². The molecule has 0 bridgehead atoms. The van der Waals surface area contributed by atoms with Gasteiger partial charge in [-0.15, -0.1) is 23.2 Å². The fraction of sp³-hybridized carbons (Fsp3) is 1.00. The Bertz CT molecular complexity index is 241. The predicted octanol–water partition coefficient (Wildman–Crippen LogP) is 3.98. The summed E-state index contributed by atoms with van der Waals surface area (Å²) in [5.41, 5.74) is 0. The van der Waals surface area contributed by atoms with Gasteiger partial charge in [-0.2, -0.15) is 0 Å². The molecule has 0 spiro atoms. The molecule has 0 aromatic carbocycles. The third-order valence-corrected chi connectivity index (χ3v) is 4.37. The van der Waals surface area contributed by atoms with Crippen molar-refractivity contribution in [3.05, 3.63) is 0 Å². The molecule has 1 unspecified atom stereocenters. The number of hydrogen-bond donors (Lipinski definition) is 0. The van der Waals surface area contributed by atoms with Crippen molar-refractivity contribution in [2.24, 2.45) is 0 Å². The lowest BCUT2D eigenvalue weighted by molar-refractivity contribution is 0.275. The zero-order valence-electron chi connectivity index (χ0n) is 8.64. The first-order chi connectivity index (χ1) is 7.23. The molecule has 0 aliphatic rings. The standard InChI is InChI=1S/C7H13Cl5NO2P/c1-16(14,15-6-7(10,11)12)13(4-2-8)5-3-9/h2-6H2,1H3. The Morgan fingerprint density at radius 3 is 1.94 bits per heavy atom. The van der Waals surface area contributed by atoms with Gasteiger partial charge < -0.3 is 4.52 Å². The molecule has 98 valence electrons. The van der Waals surface area contributed by atoms with Gasteiger partial charge in [-0.1, -0.05) is 34.8 Å². The van der Waals surface area contributed by atoms with Gasteiger partial charge in [0.25, 0.3) is 7.52 Å². The van der Waals surface area contributed by atoms with Gasteiger partial charge in [-0.25, -0.2) is 4.67 Å². The average molecular weight is 351 g/mol. The molecule has 0 aliphatic carbocycles. The van der Waals surface area contributed by atoms with Gasteiger partial charge in [-0.05, 0) is 0 Å². The van der Waals surface area contributed by atoms with E-state index in [1.165, 1.54) is 6.66 Å². The summed E-state index contributed by atoms with van der Waals surface area (Å²) in [6, 6.07) is 0. The maximum Gasteiger partial charge on any atom is 0.269 e. The molecule has 16 heavy (non-hydrogen) atoms. The first kappa shape index (κ1) is 17.6. The smallest absolute Gasteiger partial charge is 0.269 e. The van der Waals surface area contributed by atoms with Crippen LogP contribution in [0, 0.1) is 0 Å². The van der Waals surface area contributed by atoms with Gasteiger partial charge in [0.15, 0.2) is 0 Å². The summed E-state index contributed by atoms with van der Waals surface area (Å²) in [4.78, 5) is 0. The minimum Gasteiger partial charge on any atom is -0.313 e. The monoisotopic (exact) mass is 349 g/mol. The lowest BCUT2D eigenvalue weighted by atomic mass is 10.6. The molecule has 0 aromatic rings. The minimum absolute atomic E-state index is 0.244. The van der Waals surface area contributed by atoms with E-state index in [0.717, 1.165) is 0 Å². The van der Waals surface area contributed by atoms with Gasteiger partial charge in [0.1, 0.15) is 6.61 Å². The van der Waals surface area contributed by atoms with E-state index in [1.807, 2.05) is 0 Å². The molecule has 0 aliphatic heterocycles. The van der Waals surface area contributed by atoms with Crippen LogP contribution < -0.4 is 0 Å². The molecule has 0 saturated heterocycles. The maximum atomic E-state index is 12.2. The fourth-order valence-corrected chi connectivity index (χ4v) is 3.50. The van der Waals surface area contributed by atoms with Crippen molar-refractivity contribution in [2.75, 3.05) is 38.1 Å². The normalized spacial score (nSPS) is 16.4. The third-order valence-electron chi connectivity index (χ3n) is 1.67. The molecule has 0 amide bonds. The highest BCUT2D eigenvalue weighted by atomic mass is 35.6. The highest BCUT2D eigenvalue weighted by Gasteiger charge is 2.30. The minimum atomic E-state index is -3.02. The van der Waals surface area contributed by atoms with Crippen molar-refractivity contribution in [3.63, 3.8) is 0 Å². The number of halogens is 5. The molecule has 0 radical (unpaired) electrons. The van der Waals surface area contributed by atoms with Gasteiger partial charge in [0.2, 0.25) is 3.79 Å². The van der Waals surface area contributed by atoms with Crippen LogP contribution in [0.25, 0.3) is 0 Å². The van der Waals surface area contributed by atoms with Crippen LogP contribution in [-0.2, 0) is 9.09 Å². The van der Waals surface area contributed by atoms with E-state index in [9.17, 15) is 4.57 Å². The quantitative estimate of drug-likeness (QED) is 0.513. The second kappa shape index (κ2) is 7.91. The first-order valence-corrected chi connectivity index (χ1v) is 8.62. The SMILES string of the molecule is CP(=O)(OCC(Cl)(Cl)Cl)N(CCCl)CCCl. The number of alkyl halides is 5. The fourth-order valence-electron chi connectivity index (χ4n) is 0.945. The van der Waals surface area contributed by atoms with Crippen LogP contribution in [-0.4, -0.2) is 46.6 Å². The molecule has 0 N–H and O–H groups in total. The maximum absolute atomic E-state index is 12.2. The summed E-state index contributed by atoms with van der Waals surface area (Å²) >= 11 is 27.7. The molecule has 0 fully saturated rings. The van der Waals surface area contributed by atoms with Crippen molar-refractivity contribution in [2.45, 2.75) is 3.79 Å². The number of hydrogen-bond acceptors (Lipinski definition) is 2. The lowest BCUT2D eigenvalue weighted by Gasteiger charge is -2.28. The molecule has 0 heterocycles. The number of rotatable bonds is 7. The van der Waals surface area contributed by atoms with E-state index in [2.05, 4.69) is 0 Å². The summed E-state index contributed by atoms with van der Waals surface area (Å²) in [7, 11) is -3.02.